The molecule has 2 aliphatic rings. The first-order chi connectivity index (χ1) is 5.93. The Hall–Kier alpha value is -0.851. The first-order valence-corrected chi connectivity index (χ1v) is 3.86. The Morgan fingerprint density at radius 2 is 2.15 bits per heavy atom. The third-order valence-electron chi connectivity index (χ3n) is 1.46. The van der Waals surface area contributed by atoms with Crippen LogP contribution in [0.5, 0.6) is 0 Å². The molecule has 0 spiro atoms. The molecule has 68 valence electrons. The molecule has 2 radical (unpaired) electrons. The SMILES string of the molecule is O=CC1=CC=[C]C1.[C]1=CC=CC1.[Fe]. The topological polar surface area (TPSA) is 17.1 Å². The first-order valence-electron chi connectivity index (χ1n) is 3.86. The van der Waals surface area contributed by atoms with Gasteiger partial charge in [-0.2, -0.15) is 0 Å². The summed E-state index contributed by atoms with van der Waals surface area (Å²) in [6.45, 7) is 0. The molecule has 0 saturated carbocycles. The second kappa shape index (κ2) is 7.78. The smallest absolute Gasteiger partial charge is 0.146 e. The molecular weight excluding hydrogens is 204 g/mol. The minimum Gasteiger partial charge on any atom is -0.298 e. The van der Waals surface area contributed by atoms with Crippen molar-refractivity contribution < 1.29 is 21.9 Å². The molecule has 0 atom stereocenters. The van der Waals surface area contributed by atoms with Crippen LogP contribution in [0.1, 0.15) is 12.8 Å². The summed E-state index contributed by atoms with van der Waals surface area (Å²) in [5, 5.41) is 0. The van der Waals surface area contributed by atoms with Gasteiger partial charge in [0.15, 0.2) is 0 Å². The van der Waals surface area contributed by atoms with Crippen LogP contribution in [0.3, 0.4) is 0 Å². The van der Waals surface area contributed by atoms with Crippen LogP contribution in [0, 0.1) is 12.2 Å². The molecule has 1 nitrogen and oxygen atoms in total. The molecule has 2 heteroatoms. The normalized spacial score (nSPS) is 15.8. The van der Waals surface area contributed by atoms with Crippen molar-refractivity contribution in [3.8, 4) is 0 Å². The number of allylic oxidation sites excluding steroid dienone is 8. The van der Waals surface area contributed by atoms with Gasteiger partial charge in [0, 0.05) is 23.5 Å². The predicted octanol–water partition coefficient (Wildman–Crippen LogP) is 2.18. The summed E-state index contributed by atoms with van der Waals surface area (Å²) < 4.78 is 0. The van der Waals surface area contributed by atoms with Crippen molar-refractivity contribution in [1.29, 1.82) is 0 Å². The Kier molecular flexibility index (Phi) is 7.27. The molecule has 0 amide bonds. The van der Waals surface area contributed by atoms with Gasteiger partial charge in [-0.15, -0.1) is 0 Å². The van der Waals surface area contributed by atoms with Crippen molar-refractivity contribution >= 4 is 6.29 Å². The van der Waals surface area contributed by atoms with E-state index in [1.807, 2.05) is 12.2 Å². The van der Waals surface area contributed by atoms with Gasteiger partial charge >= 0.3 is 0 Å². The zero-order valence-corrected chi connectivity index (χ0v) is 8.24. The fourth-order valence-corrected chi connectivity index (χ4v) is 0.823. The molecule has 0 aromatic carbocycles. The van der Waals surface area contributed by atoms with Crippen LogP contribution >= 0.6 is 0 Å². The second-order valence-corrected chi connectivity index (χ2v) is 2.41. The maximum atomic E-state index is 9.88. The molecule has 2 rings (SSSR count). The molecule has 0 heterocycles. The minimum atomic E-state index is 0. The summed E-state index contributed by atoms with van der Waals surface area (Å²) >= 11 is 0. The van der Waals surface area contributed by atoms with Gasteiger partial charge in [0.05, 0.1) is 0 Å². The van der Waals surface area contributed by atoms with E-state index in [2.05, 4.69) is 18.2 Å². The summed E-state index contributed by atoms with van der Waals surface area (Å²) in [5.41, 5.74) is 0.819. The van der Waals surface area contributed by atoms with E-state index in [0.29, 0.717) is 6.42 Å². The van der Waals surface area contributed by atoms with E-state index in [1.54, 1.807) is 12.2 Å². The van der Waals surface area contributed by atoms with Crippen LogP contribution in [-0.4, -0.2) is 6.29 Å². The van der Waals surface area contributed by atoms with E-state index in [0.717, 1.165) is 18.3 Å². The summed E-state index contributed by atoms with van der Waals surface area (Å²) in [5.74, 6) is 0. The molecule has 0 N–H and O–H groups in total. The van der Waals surface area contributed by atoms with Gasteiger partial charge < -0.3 is 0 Å². The van der Waals surface area contributed by atoms with Crippen LogP contribution in [0.4, 0.5) is 0 Å². The molecule has 0 bridgehead atoms. The monoisotopic (exact) mass is 214 g/mol. The molecule has 0 aromatic heterocycles. The molecule has 0 aromatic rings. The zero-order chi connectivity index (χ0) is 8.65. The summed E-state index contributed by atoms with van der Waals surface area (Å²) in [7, 11) is 0. The maximum Gasteiger partial charge on any atom is 0.146 e. The van der Waals surface area contributed by atoms with Crippen molar-refractivity contribution in [3.05, 3.63) is 48.1 Å². The van der Waals surface area contributed by atoms with E-state index in [4.69, 9.17) is 0 Å². The van der Waals surface area contributed by atoms with Crippen LogP contribution in [0.15, 0.2) is 36.0 Å². The standard InChI is InChI=1S/C6H5O.C5H5.Fe/c7-5-6-3-1-2-4-6;1-2-4-5-3-1;/h1,3,5H,4H2;1-3H,4H2;. The van der Waals surface area contributed by atoms with Gasteiger partial charge in [0.2, 0.25) is 0 Å². The quantitative estimate of drug-likeness (QED) is 0.483. The molecule has 0 aliphatic heterocycles. The molecular formula is C11H10FeO. The predicted molar refractivity (Wildman–Crippen MR) is 48.1 cm³/mol. The number of hydrogen-bond acceptors (Lipinski definition) is 1. The van der Waals surface area contributed by atoms with Crippen LogP contribution in [-0.2, 0) is 21.9 Å². The molecule has 0 saturated heterocycles. The summed E-state index contributed by atoms with van der Waals surface area (Å²) in [6.07, 6.45) is 18.0. The Balaban J connectivity index is 0.000000215. The number of carbonyl (C=O) groups excluding carboxylic acids is 1. The fourth-order valence-electron chi connectivity index (χ4n) is 0.823. The number of hydrogen-bond donors (Lipinski definition) is 0. The molecule has 2 aliphatic carbocycles. The van der Waals surface area contributed by atoms with Crippen molar-refractivity contribution in [2.75, 3.05) is 0 Å². The molecule has 0 unspecified atom stereocenters. The van der Waals surface area contributed by atoms with Crippen molar-refractivity contribution in [3.63, 3.8) is 0 Å². The van der Waals surface area contributed by atoms with Crippen LogP contribution in [0.2, 0.25) is 0 Å². The van der Waals surface area contributed by atoms with Gasteiger partial charge in [-0.25, -0.2) is 0 Å². The molecule has 0 fully saturated rings. The third kappa shape index (κ3) is 5.40. The third-order valence-corrected chi connectivity index (χ3v) is 1.46. The van der Waals surface area contributed by atoms with Gasteiger partial charge in [-0.3, -0.25) is 4.79 Å². The summed E-state index contributed by atoms with van der Waals surface area (Å²) in [4.78, 5) is 9.88. The summed E-state index contributed by atoms with van der Waals surface area (Å²) in [6, 6.07) is 0. The fraction of sp³-hybridized carbons (Fsp3) is 0.182. The average Bonchev–Trinajstić information content (AvgIpc) is 2.81. The largest absolute Gasteiger partial charge is 0.298 e. The number of rotatable bonds is 1. The van der Waals surface area contributed by atoms with Crippen molar-refractivity contribution in [2.24, 2.45) is 0 Å². The molecule has 13 heavy (non-hydrogen) atoms. The van der Waals surface area contributed by atoms with Crippen LogP contribution in [0.25, 0.3) is 0 Å². The Morgan fingerprint density at radius 3 is 2.38 bits per heavy atom. The average molecular weight is 214 g/mol. The Morgan fingerprint density at radius 1 is 1.31 bits per heavy atom. The van der Waals surface area contributed by atoms with E-state index in [-0.39, 0.29) is 17.1 Å². The Bertz CT molecular complexity index is 249. The van der Waals surface area contributed by atoms with E-state index >= 15 is 0 Å². The van der Waals surface area contributed by atoms with Gasteiger partial charge in [0.25, 0.3) is 0 Å². The number of aldehydes is 1. The number of carbonyl (C=O) groups is 1. The Labute approximate surface area is 89.4 Å². The van der Waals surface area contributed by atoms with E-state index < -0.39 is 0 Å². The van der Waals surface area contributed by atoms with Gasteiger partial charge in [-0.1, -0.05) is 30.4 Å². The minimum absolute atomic E-state index is 0. The first kappa shape index (κ1) is 12.1. The van der Waals surface area contributed by atoms with Crippen LogP contribution < -0.4 is 0 Å². The van der Waals surface area contributed by atoms with E-state index in [1.165, 1.54) is 0 Å². The maximum absolute atomic E-state index is 9.88. The van der Waals surface area contributed by atoms with Crippen molar-refractivity contribution in [1.82, 2.24) is 0 Å². The zero-order valence-electron chi connectivity index (χ0n) is 7.14. The van der Waals surface area contributed by atoms with Crippen molar-refractivity contribution in [2.45, 2.75) is 12.8 Å². The van der Waals surface area contributed by atoms with Gasteiger partial charge in [0.1, 0.15) is 6.29 Å². The second-order valence-electron chi connectivity index (χ2n) is 2.41. The van der Waals surface area contributed by atoms with E-state index in [9.17, 15) is 4.79 Å². The van der Waals surface area contributed by atoms with Gasteiger partial charge in [-0.05, 0) is 24.1 Å².